The smallest absolute Gasteiger partial charge is 0.135 e. The van der Waals surface area contributed by atoms with Gasteiger partial charge in [0.15, 0.2) is 0 Å². The summed E-state index contributed by atoms with van der Waals surface area (Å²) in [6.45, 7) is 13.5. The van der Waals surface area contributed by atoms with Gasteiger partial charge in [-0.25, -0.2) is 0 Å². The number of thiophene rings is 1. The third-order valence-corrected chi connectivity index (χ3v) is 8.33. The second-order valence-corrected chi connectivity index (χ2v) is 12.7. The van der Waals surface area contributed by atoms with Gasteiger partial charge in [-0.2, -0.15) is 0 Å². The number of aryl methyl sites for hydroxylation is 1. The average Bonchev–Trinajstić information content (AvgIpc) is 3.41. The summed E-state index contributed by atoms with van der Waals surface area (Å²) in [5.41, 5.74) is 7.11. The Bertz CT molecular complexity index is 1780. The molecule has 3 heterocycles. The summed E-state index contributed by atoms with van der Waals surface area (Å²) in [4.78, 5) is 6.14. The zero-order chi connectivity index (χ0) is 25.9. The fourth-order valence-electron chi connectivity index (χ4n) is 5.55. The van der Waals surface area contributed by atoms with Crippen LogP contribution in [-0.2, 0) is 11.8 Å². The number of rotatable bonds is 4. The summed E-state index contributed by atoms with van der Waals surface area (Å²) in [5.74, 6) is 1.59. The van der Waals surface area contributed by atoms with E-state index in [4.69, 9.17) is 9.40 Å². The van der Waals surface area contributed by atoms with Gasteiger partial charge >= 0.3 is 0 Å². The molecule has 0 aliphatic heterocycles. The van der Waals surface area contributed by atoms with Gasteiger partial charge < -0.3 is 4.42 Å². The molecule has 0 atom stereocenters. The van der Waals surface area contributed by atoms with E-state index < -0.39 is 0 Å². The highest BCUT2D eigenvalue weighted by atomic mass is 32.1. The molecule has 0 bridgehead atoms. The van der Waals surface area contributed by atoms with E-state index in [1.807, 2.05) is 17.5 Å². The van der Waals surface area contributed by atoms with Gasteiger partial charge in [0, 0.05) is 37.7 Å². The first-order valence-electron chi connectivity index (χ1n) is 13.1. The Kier molecular flexibility index (Phi) is 5.72. The first-order chi connectivity index (χ1) is 17.7. The molecule has 0 unspecified atom stereocenters. The second-order valence-electron chi connectivity index (χ2n) is 11.6. The quantitative estimate of drug-likeness (QED) is 0.239. The van der Waals surface area contributed by atoms with Gasteiger partial charge in [-0.05, 0) is 76.9 Å². The number of benzene rings is 3. The molecule has 0 aliphatic rings. The molecule has 0 N–H and O–H groups in total. The fourth-order valence-corrected chi connectivity index (χ4v) is 6.72. The van der Waals surface area contributed by atoms with Crippen molar-refractivity contribution in [3.8, 4) is 21.7 Å². The SMILES string of the molecule is Cc1oc2cc(CC(C)C)ccc2c1-c1cc2c(-c3cc(C(C)(C)C)c4ccccc4c3)nccc2s1. The van der Waals surface area contributed by atoms with Crippen molar-refractivity contribution in [2.75, 3.05) is 0 Å². The number of aromatic nitrogens is 1. The van der Waals surface area contributed by atoms with Gasteiger partial charge in [-0.1, -0.05) is 71.0 Å². The summed E-state index contributed by atoms with van der Waals surface area (Å²) in [5, 5.41) is 4.96. The third kappa shape index (κ3) is 4.26. The Morgan fingerprint density at radius 2 is 1.70 bits per heavy atom. The molecule has 0 aliphatic carbocycles. The molecule has 0 spiro atoms. The van der Waals surface area contributed by atoms with E-state index in [1.165, 1.54) is 53.4 Å². The van der Waals surface area contributed by atoms with Crippen LogP contribution in [0.25, 0.3) is 53.5 Å². The lowest BCUT2D eigenvalue weighted by Crippen LogP contribution is -2.12. The first-order valence-corrected chi connectivity index (χ1v) is 14.0. The van der Waals surface area contributed by atoms with Gasteiger partial charge in [0.05, 0.1) is 5.69 Å². The van der Waals surface area contributed by atoms with E-state index in [1.54, 1.807) is 0 Å². The van der Waals surface area contributed by atoms with Crippen LogP contribution in [0.15, 0.2) is 77.3 Å². The Morgan fingerprint density at radius 1 is 0.892 bits per heavy atom. The van der Waals surface area contributed by atoms with Gasteiger partial charge in [0.1, 0.15) is 11.3 Å². The molecule has 0 saturated carbocycles. The predicted octanol–water partition coefficient (Wildman–Crippen LogP) is 10.3. The number of pyridine rings is 1. The molecule has 3 heteroatoms. The van der Waals surface area contributed by atoms with Crippen LogP contribution < -0.4 is 0 Å². The number of furan rings is 1. The zero-order valence-electron chi connectivity index (χ0n) is 22.5. The Hall–Kier alpha value is -3.43. The lowest BCUT2D eigenvalue weighted by atomic mass is 9.82. The standard InChI is InChI=1S/C34H33NOS/c1-20(2)15-22-11-12-26-29(16-22)36-21(3)32(26)31-19-27-30(37-31)13-14-35-33(27)24-17-23-9-7-8-10-25(23)28(18-24)34(4,5)6/h7-14,16-20H,15H2,1-6H3. The summed E-state index contributed by atoms with van der Waals surface area (Å²) < 4.78 is 7.52. The van der Waals surface area contributed by atoms with Crippen LogP contribution in [0.5, 0.6) is 0 Å². The molecule has 0 radical (unpaired) electrons. The average molecular weight is 504 g/mol. The molecule has 3 aromatic heterocycles. The molecule has 0 amide bonds. The summed E-state index contributed by atoms with van der Waals surface area (Å²) in [6, 6.07) is 24.5. The van der Waals surface area contributed by atoms with E-state index in [0.717, 1.165) is 23.5 Å². The minimum atomic E-state index is 0.0323. The molecule has 0 fully saturated rings. The van der Waals surface area contributed by atoms with Crippen LogP contribution in [0.1, 0.15) is 51.5 Å². The van der Waals surface area contributed by atoms with Gasteiger partial charge in [-0.15, -0.1) is 11.3 Å². The molecule has 186 valence electrons. The van der Waals surface area contributed by atoms with Crippen molar-refractivity contribution in [1.82, 2.24) is 4.98 Å². The van der Waals surface area contributed by atoms with E-state index in [0.29, 0.717) is 5.92 Å². The second kappa shape index (κ2) is 8.85. The summed E-state index contributed by atoms with van der Waals surface area (Å²) in [6.07, 6.45) is 3.01. The molecular weight excluding hydrogens is 470 g/mol. The van der Waals surface area contributed by atoms with Gasteiger partial charge in [-0.3, -0.25) is 4.98 Å². The highest BCUT2D eigenvalue weighted by Gasteiger charge is 2.21. The van der Waals surface area contributed by atoms with Gasteiger partial charge in [0.25, 0.3) is 0 Å². The normalized spacial score (nSPS) is 12.4. The number of hydrogen-bond donors (Lipinski definition) is 0. The molecule has 37 heavy (non-hydrogen) atoms. The van der Waals surface area contributed by atoms with Crippen LogP contribution in [0.2, 0.25) is 0 Å². The largest absolute Gasteiger partial charge is 0.461 e. The lowest BCUT2D eigenvalue weighted by molar-refractivity contribution is 0.578. The molecule has 6 rings (SSSR count). The van der Waals surface area contributed by atoms with Crippen molar-refractivity contribution in [2.24, 2.45) is 5.92 Å². The summed E-state index contributed by atoms with van der Waals surface area (Å²) in [7, 11) is 0. The minimum absolute atomic E-state index is 0.0323. The molecular formula is C34H33NOS. The van der Waals surface area contributed by atoms with Crippen molar-refractivity contribution in [1.29, 1.82) is 0 Å². The number of nitrogens with zero attached hydrogens (tertiary/aromatic N) is 1. The highest BCUT2D eigenvalue weighted by Crippen LogP contribution is 2.44. The molecule has 6 aromatic rings. The zero-order valence-corrected chi connectivity index (χ0v) is 23.3. The monoisotopic (exact) mass is 503 g/mol. The Balaban J connectivity index is 1.52. The van der Waals surface area contributed by atoms with E-state index >= 15 is 0 Å². The fraction of sp³-hybridized carbons (Fsp3) is 0.265. The van der Waals surface area contributed by atoms with E-state index in [9.17, 15) is 0 Å². The van der Waals surface area contributed by atoms with E-state index in [2.05, 4.69) is 108 Å². The van der Waals surface area contributed by atoms with Crippen LogP contribution in [0.3, 0.4) is 0 Å². The number of hydrogen-bond acceptors (Lipinski definition) is 3. The summed E-state index contributed by atoms with van der Waals surface area (Å²) >= 11 is 1.82. The lowest BCUT2D eigenvalue weighted by Gasteiger charge is -2.22. The maximum absolute atomic E-state index is 6.28. The number of fused-ring (bicyclic) bond motifs is 3. The van der Waals surface area contributed by atoms with Crippen LogP contribution in [-0.4, -0.2) is 4.98 Å². The van der Waals surface area contributed by atoms with Crippen LogP contribution >= 0.6 is 11.3 Å². The maximum Gasteiger partial charge on any atom is 0.135 e. The van der Waals surface area contributed by atoms with Crippen molar-refractivity contribution < 1.29 is 4.42 Å². The topological polar surface area (TPSA) is 26.0 Å². The van der Waals surface area contributed by atoms with Crippen molar-refractivity contribution >= 4 is 43.2 Å². The van der Waals surface area contributed by atoms with Crippen molar-refractivity contribution in [3.05, 3.63) is 89.8 Å². The Morgan fingerprint density at radius 3 is 2.49 bits per heavy atom. The maximum atomic E-state index is 6.28. The van der Waals surface area contributed by atoms with Crippen LogP contribution in [0.4, 0.5) is 0 Å². The molecule has 0 saturated heterocycles. The Labute approximate surface area is 223 Å². The minimum Gasteiger partial charge on any atom is -0.461 e. The van der Waals surface area contributed by atoms with Crippen LogP contribution in [0, 0.1) is 12.8 Å². The molecule has 3 aromatic carbocycles. The van der Waals surface area contributed by atoms with E-state index in [-0.39, 0.29) is 5.41 Å². The van der Waals surface area contributed by atoms with Gasteiger partial charge in [0.2, 0.25) is 0 Å². The first kappa shape index (κ1) is 23.9. The highest BCUT2D eigenvalue weighted by molar-refractivity contribution is 7.22. The predicted molar refractivity (Wildman–Crippen MR) is 160 cm³/mol. The third-order valence-electron chi connectivity index (χ3n) is 7.21. The van der Waals surface area contributed by atoms with Crippen molar-refractivity contribution in [3.63, 3.8) is 0 Å². The van der Waals surface area contributed by atoms with Crippen molar-refractivity contribution in [2.45, 2.75) is 53.4 Å². The molecule has 2 nitrogen and oxygen atoms in total.